The molecule has 0 heterocycles. The Hall–Kier alpha value is -1.44. The van der Waals surface area contributed by atoms with Crippen LogP contribution in [-0.2, 0) is 0 Å². The van der Waals surface area contributed by atoms with Crippen LogP contribution in [0, 0.1) is 11.6 Å². The molecule has 0 aliphatic heterocycles. The van der Waals surface area contributed by atoms with Crippen LogP contribution in [0.4, 0.5) is 8.78 Å². The SMILES string of the molecule is C=C1C(CCC)=C(CCC)c2cc(F)c(F)cc21. The molecule has 0 nitrogen and oxygen atoms in total. The van der Waals surface area contributed by atoms with Crippen molar-refractivity contribution in [3.05, 3.63) is 47.0 Å². The predicted octanol–water partition coefficient (Wildman–Crippen LogP) is 5.35. The first-order chi connectivity index (χ1) is 8.60. The van der Waals surface area contributed by atoms with Gasteiger partial charge in [-0.25, -0.2) is 8.78 Å². The molecule has 0 saturated carbocycles. The third kappa shape index (κ3) is 2.00. The fourth-order valence-corrected chi connectivity index (χ4v) is 2.64. The molecule has 1 aliphatic rings. The van der Waals surface area contributed by atoms with E-state index in [9.17, 15) is 8.78 Å². The van der Waals surface area contributed by atoms with Crippen LogP contribution >= 0.6 is 0 Å². The van der Waals surface area contributed by atoms with E-state index in [1.165, 1.54) is 17.7 Å². The van der Waals surface area contributed by atoms with Crippen LogP contribution in [0.5, 0.6) is 0 Å². The standard InChI is InChI=1S/C16H18F2/c1-4-6-11-10(3)13-8-15(17)16(18)9-14(13)12(11)7-5-2/h8-9H,3-7H2,1-2H3. The van der Waals surface area contributed by atoms with Gasteiger partial charge in [0.1, 0.15) is 0 Å². The summed E-state index contributed by atoms with van der Waals surface area (Å²) in [5.74, 6) is -1.56. The van der Waals surface area contributed by atoms with Gasteiger partial charge < -0.3 is 0 Å². The topological polar surface area (TPSA) is 0 Å². The summed E-state index contributed by atoms with van der Waals surface area (Å²) in [6.45, 7) is 8.25. The highest BCUT2D eigenvalue weighted by molar-refractivity contribution is 5.99. The minimum Gasteiger partial charge on any atom is -0.204 e. The average molecular weight is 248 g/mol. The zero-order valence-electron chi connectivity index (χ0n) is 10.9. The molecule has 18 heavy (non-hydrogen) atoms. The zero-order valence-corrected chi connectivity index (χ0v) is 10.9. The molecule has 2 heteroatoms. The third-order valence-corrected chi connectivity index (χ3v) is 3.44. The van der Waals surface area contributed by atoms with Crippen molar-refractivity contribution < 1.29 is 8.78 Å². The van der Waals surface area contributed by atoms with Crippen molar-refractivity contribution in [1.29, 1.82) is 0 Å². The van der Waals surface area contributed by atoms with Crippen LogP contribution in [0.25, 0.3) is 11.1 Å². The van der Waals surface area contributed by atoms with Crippen molar-refractivity contribution in [3.63, 3.8) is 0 Å². The molecule has 2 rings (SSSR count). The van der Waals surface area contributed by atoms with Gasteiger partial charge in [-0.2, -0.15) is 0 Å². The lowest BCUT2D eigenvalue weighted by atomic mass is 9.99. The van der Waals surface area contributed by atoms with Crippen LogP contribution in [0.2, 0.25) is 0 Å². The Morgan fingerprint density at radius 2 is 1.39 bits per heavy atom. The number of rotatable bonds is 4. The van der Waals surface area contributed by atoms with Gasteiger partial charge in [-0.1, -0.05) is 33.3 Å². The number of hydrogen-bond donors (Lipinski definition) is 0. The van der Waals surface area contributed by atoms with Crippen LogP contribution < -0.4 is 0 Å². The number of hydrogen-bond acceptors (Lipinski definition) is 0. The Morgan fingerprint density at radius 3 is 1.94 bits per heavy atom. The van der Waals surface area contributed by atoms with Crippen molar-refractivity contribution >= 4 is 11.1 Å². The Kier molecular flexibility index (Phi) is 3.65. The lowest BCUT2D eigenvalue weighted by Crippen LogP contribution is -1.91. The average Bonchev–Trinajstić information content (AvgIpc) is 2.57. The predicted molar refractivity (Wildman–Crippen MR) is 72.1 cm³/mol. The van der Waals surface area contributed by atoms with E-state index in [2.05, 4.69) is 20.4 Å². The molecule has 0 unspecified atom stereocenters. The minimum absolute atomic E-state index is 0.765. The van der Waals surface area contributed by atoms with E-state index < -0.39 is 11.6 Å². The van der Waals surface area contributed by atoms with E-state index in [-0.39, 0.29) is 0 Å². The third-order valence-electron chi connectivity index (χ3n) is 3.44. The summed E-state index contributed by atoms with van der Waals surface area (Å²) < 4.78 is 26.7. The fraction of sp³-hybridized carbons (Fsp3) is 0.375. The second-order valence-electron chi connectivity index (χ2n) is 4.75. The maximum Gasteiger partial charge on any atom is 0.159 e. The van der Waals surface area contributed by atoms with Gasteiger partial charge in [0.2, 0.25) is 0 Å². The smallest absolute Gasteiger partial charge is 0.159 e. The minimum atomic E-state index is -0.788. The molecule has 0 N–H and O–H groups in total. The first-order valence-electron chi connectivity index (χ1n) is 6.51. The summed E-state index contributed by atoms with van der Waals surface area (Å²) in [5.41, 5.74) is 4.80. The summed E-state index contributed by atoms with van der Waals surface area (Å²) in [5, 5.41) is 0. The van der Waals surface area contributed by atoms with E-state index in [0.717, 1.165) is 48.0 Å². The van der Waals surface area contributed by atoms with Crippen molar-refractivity contribution in [1.82, 2.24) is 0 Å². The number of fused-ring (bicyclic) bond motifs is 1. The zero-order chi connectivity index (χ0) is 13.3. The van der Waals surface area contributed by atoms with Crippen LogP contribution in [0.1, 0.15) is 50.7 Å². The number of allylic oxidation sites excluding steroid dienone is 3. The summed E-state index contributed by atoms with van der Waals surface area (Å²) in [6.07, 6.45) is 3.83. The van der Waals surface area contributed by atoms with Gasteiger partial charge in [-0.05, 0) is 52.8 Å². The van der Waals surface area contributed by atoms with Crippen LogP contribution in [-0.4, -0.2) is 0 Å². The first-order valence-corrected chi connectivity index (χ1v) is 6.51. The maximum atomic E-state index is 13.4. The fourth-order valence-electron chi connectivity index (χ4n) is 2.64. The Labute approximate surface area is 107 Å². The van der Waals surface area contributed by atoms with Gasteiger partial charge in [0.05, 0.1) is 0 Å². The first kappa shape index (κ1) is 13.0. The highest BCUT2D eigenvalue weighted by atomic mass is 19.2. The Morgan fingerprint density at radius 1 is 0.889 bits per heavy atom. The van der Waals surface area contributed by atoms with E-state index in [4.69, 9.17) is 0 Å². The number of halogens is 2. The molecule has 96 valence electrons. The molecule has 0 bridgehead atoms. The van der Waals surface area contributed by atoms with Gasteiger partial charge in [-0.15, -0.1) is 0 Å². The van der Waals surface area contributed by atoms with E-state index in [0.29, 0.717) is 0 Å². The molecule has 1 aromatic carbocycles. The molecular formula is C16H18F2. The second-order valence-corrected chi connectivity index (χ2v) is 4.75. The number of benzene rings is 1. The lowest BCUT2D eigenvalue weighted by molar-refractivity contribution is 0.508. The van der Waals surface area contributed by atoms with Gasteiger partial charge in [0.15, 0.2) is 11.6 Å². The highest BCUT2D eigenvalue weighted by Gasteiger charge is 2.25. The van der Waals surface area contributed by atoms with Crippen molar-refractivity contribution in [2.75, 3.05) is 0 Å². The van der Waals surface area contributed by atoms with Crippen LogP contribution in [0.15, 0.2) is 24.3 Å². The van der Waals surface area contributed by atoms with Crippen molar-refractivity contribution in [3.8, 4) is 0 Å². The molecule has 0 fully saturated rings. The highest BCUT2D eigenvalue weighted by Crippen LogP contribution is 2.44. The summed E-state index contributed by atoms with van der Waals surface area (Å²) in [4.78, 5) is 0. The monoisotopic (exact) mass is 248 g/mol. The summed E-state index contributed by atoms with van der Waals surface area (Å²) in [6, 6.07) is 2.61. The van der Waals surface area contributed by atoms with Gasteiger partial charge in [0.25, 0.3) is 0 Å². The van der Waals surface area contributed by atoms with E-state index in [1.807, 2.05) is 0 Å². The summed E-state index contributed by atoms with van der Waals surface area (Å²) >= 11 is 0. The molecule has 0 atom stereocenters. The summed E-state index contributed by atoms with van der Waals surface area (Å²) in [7, 11) is 0. The quantitative estimate of drug-likeness (QED) is 0.674. The molecule has 0 saturated heterocycles. The molecule has 0 radical (unpaired) electrons. The normalized spacial score (nSPS) is 14.3. The molecule has 1 aliphatic carbocycles. The van der Waals surface area contributed by atoms with Gasteiger partial charge >= 0.3 is 0 Å². The molecule has 0 spiro atoms. The van der Waals surface area contributed by atoms with Crippen molar-refractivity contribution in [2.24, 2.45) is 0 Å². The van der Waals surface area contributed by atoms with Gasteiger partial charge in [0, 0.05) is 0 Å². The van der Waals surface area contributed by atoms with Crippen LogP contribution in [0.3, 0.4) is 0 Å². The van der Waals surface area contributed by atoms with Crippen molar-refractivity contribution in [2.45, 2.75) is 39.5 Å². The maximum absolute atomic E-state index is 13.4. The Bertz CT molecular complexity index is 524. The van der Waals surface area contributed by atoms with E-state index in [1.54, 1.807) is 0 Å². The van der Waals surface area contributed by atoms with Gasteiger partial charge in [-0.3, -0.25) is 0 Å². The molecule has 1 aromatic rings. The largest absolute Gasteiger partial charge is 0.204 e. The lowest BCUT2D eigenvalue weighted by Gasteiger charge is -2.06. The molecule has 0 amide bonds. The second kappa shape index (κ2) is 5.05. The molecule has 0 aromatic heterocycles. The van der Waals surface area contributed by atoms with E-state index >= 15 is 0 Å². The molecular weight excluding hydrogens is 230 g/mol. The Balaban J connectivity index is 2.57.